The summed E-state index contributed by atoms with van der Waals surface area (Å²) in [6.45, 7) is 0.654. The van der Waals surface area contributed by atoms with Crippen molar-refractivity contribution in [2.45, 2.75) is 32.1 Å². The number of aromatic carboxylic acids is 1. The van der Waals surface area contributed by atoms with Gasteiger partial charge in [0.1, 0.15) is 0 Å². The lowest BCUT2D eigenvalue weighted by Crippen LogP contribution is -2.15. The fraction of sp³-hybridized carbons (Fsp3) is 0.533. The molecule has 1 aromatic carbocycles. The molecule has 0 spiro atoms. The standard InChI is InChI=1S/C15H19BrO4/c1-19-13-8-11(15(17)18)7-12(16)14(13)20-9-10-5-3-2-4-6-10/h7-8,10H,2-6,9H2,1H3,(H,17,18). The van der Waals surface area contributed by atoms with Gasteiger partial charge < -0.3 is 14.6 Å². The van der Waals surface area contributed by atoms with Crippen LogP contribution >= 0.6 is 15.9 Å². The van der Waals surface area contributed by atoms with Crippen LogP contribution in [0, 0.1) is 5.92 Å². The number of rotatable bonds is 5. The molecule has 1 aromatic rings. The normalized spacial score (nSPS) is 15.9. The van der Waals surface area contributed by atoms with Crippen molar-refractivity contribution in [2.75, 3.05) is 13.7 Å². The maximum absolute atomic E-state index is 11.0. The zero-order valence-electron chi connectivity index (χ0n) is 11.5. The van der Waals surface area contributed by atoms with Crippen molar-refractivity contribution in [1.82, 2.24) is 0 Å². The first-order chi connectivity index (χ1) is 9.61. The number of carbonyl (C=O) groups is 1. The van der Waals surface area contributed by atoms with Gasteiger partial charge in [0.15, 0.2) is 11.5 Å². The van der Waals surface area contributed by atoms with E-state index in [9.17, 15) is 4.79 Å². The lowest BCUT2D eigenvalue weighted by molar-refractivity contribution is 0.0696. The van der Waals surface area contributed by atoms with Crippen LogP contribution in [0.4, 0.5) is 0 Å². The van der Waals surface area contributed by atoms with Crippen LogP contribution in [0.1, 0.15) is 42.5 Å². The van der Waals surface area contributed by atoms with Crippen molar-refractivity contribution in [2.24, 2.45) is 5.92 Å². The summed E-state index contributed by atoms with van der Waals surface area (Å²) in [5, 5.41) is 9.04. The molecule has 0 bridgehead atoms. The van der Waals surface area contributed by atoms with E-state index < -0.39 is 5.97 Å². The van der Waals surface area contributed by atoms with Crippen LogP contribution in [0.15, 0.2) is 16.6 Å². The molecule has 5 heteroatoms. The minimum atomic E-state index is -0.983. The van der Waals surface area contributed by atoms with Gasteiger partial charge in [0.05, 0.1) is 23.8 Å². The van der Waals surface area contributed by atoms with E-state index in [1.54, 1.807) is 6.07 Å². The number of halogens is 1. The minimum absolute atomic E-state index is 0.179. The van der Waals surface area contributed by atoms with E-state index in [-0.39, 0.29) is 5.56 Å². The topological polar surface area (TPSA) is 55.8 Å². The highest BCUT2D eigenvalue weighted by molar-refractivity contribution is 9.10. The van der Waals surface area contributed by atoms with Crippen molar-refractivity contribution in [3.8, 4) is 11.5 Å². The van der Waals surface area contributed by atoms with Crippen LogP contribution in [0.3, 0.4) is 0 Å². The Morgan fingerprint density at radius 2 is 2.05 bits per heavy atom. The van der Waals surface area contributed by atoms with Crippen molar-refractivity contribution < 1.29 is 19.4 Å². The summed E-state index contributed by atoms with van der Waals surface area (Å²) in [6, 6.07) is 3.03. The molecule has 1 fully saturated rings. The molecule has 0 saturated heterocycles. The summed E-state index contributed by atoms with van der Waals surface area (Å²) < 4.78 is 11.7. The van der Waals surface area contributed by atoms with Gasteiger partial charge >= 0.3 is 5.97 Å². The summed E-state index contributed by atoms with van der Waals surface area (Å²) >= 11 is 3.36. The average Bonchev–Trinajstić information content (AvgIpc) is 2.46. The Hall–Kier alpha value is -1.23. The van der Waals surface area contributed by atoms with Gasteiger partial charge in [-0.05, 0) is 46.8 Å². The summed E-state index contributed by atoms with van der Waals surface area (Å²) in [5.41, 5.74) is 0.179. The maximum Gasteiger partial charge on any atom is 0.335 e. The third kappa shape index (κ3) is 3.66. The van der Waals surface area contributed by atoms with Crippen LogP contribution in [-0.4, -0.2) is 24.8 Å². The van der Waals surface area contributed by atoms with E-state index in [1.807, 2.05) is 0 Å². The zero-order valence-corrected chi connectivity index (χ0v) is 13.1. The van der Waals surface area contributed by atoms with Crippen molar-refractivity contribution in [3.05, 3.63) is 22.2 Å². The number of benzene rings is 1. The van der Waals surface area contributed by atoms with Crippen LogP contribution in [-0.2, 0) is 0 Å². The lowest BCUT2D eigenvalue weighted by Gasteiger charge is -2.22. The Labute approximate surface area is 127 Å². The molecule has 0 heterocycles. The van der Waals surface area contributed by atoms with Gasteiger partial charge in [-0.2, -0.15) is 0 Å². The maximum atomic E-state index is 11.0. The quantitative estimate of drug-likeness (QED) is 0.874. The predicted molar refractivity (Wildman–Crippen MR) is 79.7 cm³/mol. The van der Waals surface area contributed by atoms with Gasteiger partial charge in [-0.25, -0.2) is 4.79 Å². The smallest absolute Gasteiger partial charge is 0.335 e. The molecule has 110 valence electrons. The van der Waals surface area contributed by atoms with Gasteiger partial charge in [-0.3, -0.25) is 0 Å². The Kier molecular flexibility index (Phi) is 5.29. The van der Waals surface area contributed by atoms with Gasteiger partial charge in [-0.15, -0.1) is 0 Å². The number of ether oxygens (including phenoxy) is 2. The molecule has 0 radical (unpaired) electrons. The molecule has 20 heavy (non-hydrogen) atoms. The van der Waals surface area contributed by atoms with Crippen LogP contribution < -0.4 is 9.47 Å². The number of carboxylic acids is 1. The predicted octanol–water partition coefficient (Wildman–Crippen LogP) is 4.12. The van der Waals surface area contributed by atoms with E-state index in [4.69, 9.17) is 14.6 Å². The number of hydrogen-bond acceptors (Lipinski definition) is 3. The lowest BCUT2D eigenvalue weighted by atomic mass is 9.90. The average molecular weight is 343 g/mol. The Morgan fingerprint density at radius 1 is 1.35 bits per heavy atom. The number of hydrogen-bond donors (Lipinski definition) is 1. The van der Waals surface area contributed by atoms with Crippen molar-refractivity contribution >= 4 is 21.9 Å². The molecule has 1 aliphatic rings. The fourth-order valence-corrected chi connectivity index (χ4v) is 3.09. The summed E-state index contributed by atoms with van der Waals surface area (Å²) in [6.07, 6.45) is 6.26. The first-order valence-electron chi connectivity index (χ1n) is 6.85. The summed E-state index contributed by atoms with van der Waals surface area (Å²) in [4.78, 5) is 11.0. The van der Waals surface area contributed by atoms with E-state index >= 15 is 0 Å². The Balaban J connectivity index is 2.11. The largest absolute Gasteiger partial charge is 0.493 e. The number of methoxy groups -OCH3 is 1. The molecular weight excluding hydrogens is 324 g/mol. The molecule has 0 aliphatic heterocycles. The number of carboxylic acid groups (broad SMARTS) is 1. The SMILES string of the molecule is COc1cc(C(=O)O)cc(Br)c1OCC1CCCCC1. The third-order valence-electron chi connectivity index (χ3n) is 3.66. The van der Waals surface area contributed by atoms with Crippen LogP contribution in [0.25, 0.3) is 0 Å². The Morgan fingerprint density at radius 3 is 2.65 bits per heavy atom. The van der Waals surface area contributed by atoms with Gasteiger partial charge in [0.25, 0.3) is 0 Å². The molecule has 1 N–H and O–H groups in total. The van der Waals surface area contributed by atoms with Crippen molar-refractivity contribution in [3.63, 3.8) is 0 Å². The highest BCUT2D eigenvalue weighted by Gasteiger charge is 2.18. The molecule has 2 rings (SSSR count). The molecule has 1 saturated carbocycles. The Bertz CT molecular complexity index is 481. The van der Waals surface area contributed by atoms with Gasteiger partial charge in [-0.1, -0.05) is 19.3 Å². The molecular formula is C15H19BrO4. The van der Waals surface area contributed by atoms with E-state index in [1.165, 1.54) is 45.3 Å². The summed E-state index contributed by atoms with van der Waals surface area (Å²) in [7, 11) is 1.51. The second-order valence-electron chi connectivity index (χ2n) is 5.11. The highest BCUT2D eigenvalue weighted by Crippen LogP contribution is 2.37. The first kappa shape index (κ1) is 15.2. The second kappa shape index (κ2) is 6.97. The highest BCUT2D eigenvalue weighted by atomic mass is 79.9. The van der Waals surface area contributed by atoms with Crippen LogP contribution in [0.5, 0.6) is 11.5 Å². The van der Waals surface area contributed by atoms with E-state index in [0.717, 1.165) is 0 Å². The molecule has 4 nitrogen and oxygen atoms in total. The van der Waals surface area contributed by atoms with Crippen LogP contribution in [0.2, 0.25) is 0 Å². The fourth-order valence-electron chi connectivity index (χ4n) is 2.54. The third-order valence-corrected chi connectivity index (χ3v) is 4.25. The monoisotopic (exact) mass is 342 g/mol. The molecule has 0 amide bonds. The zero-order chi connectivity index (χ0) is 14.5. The molecule has 0 atom stereocenters. The summed E-state index contributed by atoms with van der Waals surface area (Å²) in [5.74, 6) is 0.637. The first-order valence-corrected chi connectivity index (χ1v) is 7.64. The molecule has 1 aliphatic carbocycles. The van der Waals surface area contributed by atoms with E-state index in [2.05, 4.69) is 15.9 Å². The van der Waals surface area contributed by atoms with Gasteiger partial charge in [0.2, 0.25) is 0 Å². The minimum Gasteiger partial charge on any atom is -0.493 e. The van der Waals surface area contributed by atoms with E-state index in [0.29, 0.717) is 28.5 Å². The van der Waals surface area contributed by atoms with Gasteiger partial charge in [0, 0.05) is 0 Å². The van der Waals surface area contributed by atoms with Crippen molar-refractivity contribution in [1.29, 1.82) is 0 Å². The molecule has 0 unspecified atom stereocenters. The molecule has 0 aromatic heterocycles. The second-order valence-corrected chi connectivity index (χ2v) is 5.96.